The molecule has 0 atom stereocenters. The first-order chi connectivity index (χ1) is 12.7. The average Bonchev–Trinajstić information content (AvgIpc) is 2.68. The summed E-state index contributed by atoms with van der Waals surface area (Å²) in [7, 11) is 0. The van der Waals surface area contributed by atoms with Crippen LogP contribution in [0.2, 0.25) is 0 Å². The molecule has 0 unspecified atom stereocenters. The van der Waals surface area contributed by atoms with Crippen molar-refractivity contribution in [2.75, 3.05) is 0 Å². The molecule has 4 nitrogen and oxygen atoms in total. The minimum absolute atomic E-state index is 0.117. The van der Waals surface area contributed by atoms with Crippen LogP contribution in [-0.2, 0) is 29.2 Å². The van der Waals surface area contributed by atoms with Crippen LogP contribution in [0.4, 0.5) is 4.39 Å². The van der Waals surface area contributed by atoms with Crippen LogP contribution in [-0.4, -0.2) is 11.0 Å². The molecule has 0 N–H and O–H groups in total. The number of carbonyl (C=O) groups is 1. The van der Waals surface area contributed by atoms with Gasteiger partial charge in [-0.1, -0.05) is 30.3 Å². The second kappa shape index (κ2) is 8.76. The van der Waals surface area contributed by atoms with Crippen molar-refractivity contribution in [2.45, 2.75) is 19.6 Å². The van der Waals surface area contributed by atoms with Crippen molar-refractivity contribution in [1.82, 2.24) is 4.98 Å². The fraction of sp³-hybridized carbons (Fsp3) is 0.143. The van der Waals surface area contributed by atoms with E-state index in [1.165, 1.54) is 12.1 Å². The first-order valence-electron chi connectivity index (χ1n) is 8.21. The van der Waals surface area contributed by atoms with Crippen LogP contribution < -0.4 is 4.74 Å². The van der Waals surface area contributed by atoms with Gasteiger partial charge in [0.1, 0.15) is 24.8 Å². The Labute approximate surface area is 151 Å². The van der Waals surface area contributed by atoms with Crippen LogP contribution in [0.25, 0.3) is 0 Å². The van der Waals surface area contributed by atoms with Gasteiger partial charge in [-0.15, -0.1) is 0 Å². The standard InChI is InChI=1S/C21H18FNO3/c22-18-8-4-16(5-9-18)13-21(24)26-14-17-6-10-20(11-7-17)25-15-19-3-1-2-12-23-19/h1-12H,13-15H2. The third-order valence-corrected chi connectivity index (χ3v) is 3.70. The van der Waals surface area contributed by atoms with E-state index >= 15 is 0 Å². The number of pyridine rings is 1. The lowest BCUT2D eigenvalue weighted by molar-refractivity contribution is -0.144. The van der Waals surface area contributed by atoms with Crippen LogP contribution in [0.1, 0.15) is 16.8 Å². The molecule has 0 saturated heterocycles. The zero-order valence-corrected chi connectivity index (χ0v) is 14.1. The number of hydrogen-bond acceptors (Lipinski definition) is 4. The molecule has 0 aliphatic heterocycles. The molecule has 132 valence electrons. The molecular weight excluding hydrogens is 333 g/mol. The van der Waals surface area contributed by atoms with Crippen molar-refractivity contribution in [3.63, 3.8) is 0 Å². The van der Waals surface area contributed by atoms with Crippen LogP contribution in [0.3, 0.4) is 0 Å². The van der Waals surface area contributed by atoms with Crippen molar-refractivity contribution in [3.05, 3.63) is 95.6 Å². The predicted molar refractivity (Wildman–Crippen MR) is 94.9 cm³/mol. The maximum absolute atomic E-state index is 12.8. The number of benzene rings is 2. The summed E-state index contributed by atoms with van der Waals surface area (Å²) < 4.78 is 23.8. The van der Waals surface area contributed by atoms with Gasteiger partial charge < -0.3 is 9.47 Å². The Morgan fingerprint density at radius 1 is 0.885 bits per heavy atom. The van der Waals surface area contributed by atoms with Gasteiger partial charge in [-0.2, -0.15) is 0 Å². The number of rotatable bonds is 7. The van der Waals surface area contributed by atoms with E-state index in [0.717, 1.165) is 22.6 Å². The number of hydrogen-bond donors (Lipinski definition) is 0. The number of esters is 1. The molecule has 0 saturated carbocycles. The Kier molecular flexibility index (Phi) is 5.93. The van der Waals surface area contributed by atoms with Crippen LogP contribution in [0, 0.1) is 5.82 Å². The van der Waals surface area contributed by atoms with Gasteiger partial charge in [-0.25, -0.2) is 4.39 Å². The highest BCUT2D eigenvalue weighted by atomic mass is 19.1. The molecule has 5 heteroatoms. The molecule has 0 amide bonds. The summed E-state index contributed by atoms with van der Waals surface area (Å²) in [6.07, 6.45) is 1.84. The number of nitrogens with zero attached hydrogens (tertiary/aromatic N) is 1. The third-order valence-electron chi connectivity index (χ3n) is 3.70. The molecule has 0 spiro atoms. The summed E-state index contributed by atoms with van der Waals surface area (Å²) in [6.45, 7) is 0.577. The van der Waals surface area contributed by atoms with Crippen LogP contribution in [0.15, 0.2) is 72.9 Å². The Morgan fingerprint density at radius 2 is 1.62 bits per heavy atom. The topological polar surface area (TPSA) is 48.4 Å². The molecule has 0 bridgehead atoms. The van der Waals surface area contributed by atoms with Gasteiger partial charge in [0.05, 0.1) is 12.1 Å². The first-order valence-corrected chi connectivity index (χ1v) is 8.21. The molecular formula is C21H18FNO3. The minimum atomic E-state index is -0.355. The third kappa shape index (κ3) is 5.41. The minimum Gasteiger partial charge on any atom is -0.487 e. The molecule has 0 aliphatic carbocycles. The van der Waals surface area contributed by atoms with Gasteiger partial charge in [0.15, 0.2) is 0 Å². The van der Waals surface area contributed by atoms with Crippen molar-refractivity contribution in [3.8, 4) is 5.75 Å². The van der Waals surface area contributed by atoms with Crippen LogP contribution in [0.5, 0.6) is 5.75 Å². The molecule has 0 aliphatic rings. The monoisotopic (exact) mass is 351 g/mol. The van der Waals surface area contributed by atoms with Gasteiger partial charge in [0.2, 0.25) is 0 Å². The smallest absolute Gasteiger partial charge is 0.310 e. The number of aromatic nitrogens is 1. The van der Waals surface area contributed by atoms with E-state index in [1.54, 1.807) is 18.3 Å². The lowest BCUT2D eigenvalue weighted by atomic mass is 10.1. The summed E-state index contributed by atoms with van der Waals surface area (Å²) in [5.74, 6) is 0.0385. The maximum Gasteiger partial charge on any atom is 0.310 e. The second-order valence-corrected chi connectivity index (χ2v) is 5.72. The van der Waals surface area contributed by atoms with Gasteiger partial charge in [-0.3, -0.25) is 9.78 Å². The van der Waals surface area contributed by atoms with Gasteiger partial charge in [0, 0.05) is 6.20 Å². The van der Waals surface area contributed by atoms with Crippen molar-refractivity contribution < 1.29 is 18.7 Å². The van der Waals surface area contributed by atoms with Crippen molar-refractivity contribution in [1.29, 1.82) is 0 Å². The SMILES string of the molecule is O=C(Cc1ccc(F)cc1)OCc1ccc(OCc2ccccn2)cc1. The summed E-state index contributed by atoms with van der Waals surface area (Å²) in [6, 6.07) is 18.8. The Hall–Kier alpha value is -3.21. The highest BCUT2D eigenvalue weighted by Crippen LogP contribution is 2.15. The fourth-order valence-electron chi connectivity index (χ4n) is 2.31. The number of halogens is 1. The summed E-state index contributed by atoms with van der Waals surface area (Å²) in [4.78, 5) is 16.0. The van der Waals surface area contributed by atoms with Crippen molar-refractivity contribution >= 4 is 5.97 Å². The molecule has 1 heterocycles. The maximum atomic E-state index is 12.8. The van der Waals surface area contributed by atoms with Gasteiger partial charge in [-0.05, 0) is 47.5 Å². The first kappa shape index (κ1) is 17.6. The van der Waals surface area contributed by atoms with Gasteiger partial charge >= 0.3 is 5.97 Å². The summed E-state index contributed by atoms with van der Waals surface area (Å²) in [5, 5.41) is 0. The van der Waals surface area contributed by atoms with E-state index in [9.17, 15) is 9.18 Å². The number of carbonyl (C=O) groups excluding carboxylic acids is 1. The molecule has 3 rings (SSSR count). The molecule has 0 fully saturated rings. The summed E-state index contributed by atoms with van der Waals surface area (Å²) in [5.41, 5.74) is 2.43. The quantitative estimate of drug-likeness (QED) is 0.602. The zero-order chi connectivity index (χ0) is 18.2. The van der Waals surface area contributed by atoms with E-state index in [-0.39, 0.29) is 24.8 Å². The Balaban J connectivity index is 1.45. The fourth-order valence-corrected chi connectivity index (χ4v) is 2.31. The largest absolute Gasteiger partial charge is 0.487 e. The highest BCUT2D eigenvalue weighted by molar-refractivity contribution is 5.72. The van der Waals surface area contributed by atoms with Crippen LogP contribution >= 0.6 is 0 Å². The highest BCUT2D eigenvalue weighted by Gasteiger charge is 2.06. The molecule has 2 aromatic carbocycles. The van der Waals surface area contributed by atoms with E-state index in [1.807, 2.05) is 42.5 Å². The van der Waals surface area contributed by atoms with E-state index < -0.39 is 0 Å². The van der Waals surface area contributed by atoms with Gasteiger partial charge in [0.25, 0.3) is 0 Å². The van der Waals surface area contributed by atoms with E-state index in [4.69, 9.17) is 9.47 Å². The second-order valence-electron chi connectivity index (χ2n) is 5.72. The zero-order valence-electron chi connectivity index (χ0n) is 14.1. The molecule has 26 heavy (non-hydrogen) atoms. The summed E-state index contributed by atoms with van der Waals surface area (Å²) >= 11 is 0. The van der Waals surface area contributed by atoms with E-state index in [0.29, 0.717) is 6.61 Å². The Bertz CT molecular complexity index is 833. The number of ether oxygens (including phenoxy) is 2. The van der Waals surface area contributed by atoms with Crippen molar-refractivity contribution in [2.24, 2.45) is 0 Å². The predicted octanol–water partition coefficient (Wildman–Crippen LogP) is 4.09. The lowest BCUT2D eigenvalue weighted by Gasteiger charge is -2.08. The molecule has 1 aromatic heterocycles. The lowest BCUT2D eigenvalue weighted by Crippen LogP contribution is -2.08. The average molecular weight is 351 g/mol. The van der Waals surface area contributed by atoms with E-state index in [2.05, 4.69) is 4.98 Å². The normalized spacial score (nSPS) is 10.3. The Morgan fingerprint density at radius 3 is 2.31 bits per heavy atom. The molecule has 0 radical (unpaired) electrons. The molecule has 3 aromatic rings.